The standard InChI is InChI=1S/C9H5BrF4N2O3/c10-5-3-4(1-2-6(5)16(18)19)15-8(17)9(13,14)7(11)12/h1-3,7H,(H,15,17). The smallest absolute Gasteiger partial charge is 0.321 e. The van der Waals surface area contributed by atoms with Crippen LogP contribution in [0.4, 0.5) is 28.9 Å². The van der Waals surface area contributed by atoms with Crippen LogP contribution in [0.25, 0.3) is 0 Å². The van der Waals surface area contributed by atoms with Gasteiger partial charge in [0.2, 0.25) is 0 Å². The van der Waals surface area contributed by atoms with E-state index in [1.807, 2.05) is 0 Å². The van der Waals surface area contributed by atoms with Crippen LogP contribution in [0.5, 0.6) is 0 Å². The van der Waals surface area contributed by atoms with Crippen LogP contribution in [0, 0.1) is 10.1 Å². The SMILES string of the molecule is O=C(Nc1ccc([N+](=O)[O-])c(Br)c1)C(F)(F)C(F)F. The third-order valence-electron chi connectivity index (χ3n) is 1.98. The monoisotopic (exact) mass is 344 g/mol. The van der Waals surface area contributed by atoms with Crippen molar-refractivity contribution in [2.75, 3.05) is 5.32 Å². The van der Waals surface area contributed by atoms with E-state index in [9.17, 15) is 32.5 Å². The van der Waals surface area contributed by atoms with Gasteiger partial charge in [0.25, 0.3) is 5.69 Å². The molecule has 1 aromatic rings. The molecule has 5 nitrogen and oxygen atoms in total. The fourth-order valence-electron chi connectivity index (χ4n) is 1.05. The number of rotatable bonds is 4. The number of benzene rings is 1. The number of hydrogen-bond donors (Lipinski definition) is 1. The van der Waals surface area contributed by atoms with E-state index in [1.54, 1.807) is 5.32 Å². The highest BCUT2D eigenvalue weighted by atomic mass is 79.9. The van der Waals surface area contributed by atoms with Gasteiger partial charge in [-0.1, -0.05) is 0 Å². The molecule has 1 aromatic carbocycles. The predicted molar refractivity (Wildman–Crippen MR) is 60.4 cm³/mol. The Morgan fingerprint density at radius 1 is 1.42 bits per heavy atom. The number of amides is 1. The molecule has 0 aromatic heterocycles. The maximum atomic E-state index is 12.7. The predicted octanol–water partition coefficient (Wildman–Crippen LogP) is 3.20. The van der Waals surface area contributed by atoms with Gasteiger partial charge in [0.15, 0.2) is 0 Å². The lowest BCUT2D eigenvalue weighted by Crippen LogP contribution is -2.40. The second-order valence-electron chi connectivity index (χ2n) is 3.30. The van der Waals surface area contributed by atoms with E-state index in [0.29, 0.717) is 0 Å². The van der Waals surface area contributed by atoms with Gasteiger partial charge in [0.1, 0.15) is 0 Å². The van der Waals surface area contributed by atoms with Crippen molar-refractivity contribution in [1.82, 2.24) is 0 Å². The Hall–Kier alpha value is -1.71. The molecule has 0 unspecified atom stereocenters. The van der Waals surface area contributed by atoms with Gasteiger partial charge in [0, 0.05) is 11.8 Å². The summed E-state index contributed by atoms with van der Waals surface area (Å²) in [6.45, 7) is 0. The topological polar surface area (TPSA) is 72.2 Å². The third-order valence-corrected chi connectivity index (χ3v) is 2.61. The summed E-state index contributed by atoms with van der Waals surface area (Å²) in [5, 5.41) is 12.0. The number of nitro groups is 1. The molecule has 104 valence electrons. The number of nitrogens with zero attached hydrogens (tertiary/aromatic N) is 1. The van der Waals surface area contributed by atoms with E-state index >= 15 is 0 Å². The molecular weight excluding hydrogens is 340 g/mol. The van der Waals surface area contributed by atoms with E-state index in [-0.39, 0.29) is 15.8 Å². The Morgan fingerprint density at radius 3 is 2.42 bits per heavy atom. The van der Waals surface area contributed by atoms with Gasteiger partial charge in [-0.25, -0.2) is 8.78 Å². The highest BCUT2D eigenvalue weighted by molar-refractivity contribution is 9.10. The number of anilines is 1. The van der Waals surface area contributed by atoms with Crippen molar-refractivity contribution in [1.29, 1.82) is 0 Å². The van der Waals surface area contributed by atoms with Crippen molar-refractivity contribution in [2.24, 2.45) is 0 Å². The Balaban J connectivity index is 2.93. The second kappa shape index (κ2) is 5.51. The summed E-state index contributed by atoms with van der Waals surface area (Å²) in [6, 6.07) is 2.83. The van der Waals surface area contributed by atoms with E-state index in [2.05, 4.69) is 15.9 Å². The molecule has 19 heavy (non-hydrogen) atoms. The molecule has 0 bridgehead atoms. The van der Waals surface area contributed by atoms with Crippen molar-refractivity contribution < 1.29 is 27.3 Å². The van der Waals surface area contributed by atoms with Crippen molar-refractivity contribution in [2.45, 2.75) is 12.3 Å². The van der Waals surface area contributed by atoms with Crippen molar-refractivity contribution in [3.8, 4) is 0 Å². The van der Waals surface area contributed by atoms with Gasteiger partial charge < -0.3 is 5.32 Å². The zero-order valence-electron chi connectivity index (χ0n) is 8.87. The van der Waals surface area contributed by atoms with Gasteiger partial charge in [-0.2, -0.15) is 8.78 Å². The summed E-state index contributed by atoms with van der Waals surface area (Å²) < 4.78 is 49.0. The molecule has 1 N–H and O–H groups in total. The minimum absolute atomic E-state index is 0.0873. The van der Waals surface area contributed by atoms with Crippen LogP contribution < -0.4 is 5.32 Å². The molecule has 0 radical (unpaired) electrons. The van der Waals surface area contributed by atoms with Gasteiger partial charge in [-0.15, -0.1) is 0 Å². The van der Waals surface area contributed by atoms with E-state index in [0.717, 1.165) is 18.2 Å². The molecule has 0 heterocycles. The zero-order valence-corrected chi connectivity index (χ0v) is 10.5. The summed E-state index contributed by atoms with van der Waals surface area (Å²) in [5.41, 5.74) is -0.638. The van der Waals surface area contributed by atoms with Crippen molar-refractivity contribution in [3.05, 3.63) is 32.8 Å². The van der Waals surface area contributed by atoms with Crippen LogP contribution in [0.3, 0.4) is 0 Å². The first kappa shape index (κ1) is 15.3. The van der Waals surface area contributed by atoms with E-state index < -0.39 is 23.2 Å². The molecule has 0 aliphatic carbocycles. The Morgan fingerprint density at radius 2 is 2.00 bits per heavy atom. The van der Waals surface area contributed by atoms with Gasteiger partial charge >= 0.3 is 18.3 Å². The highest BCUT2D eigenvalue weighted by Crippen LogP contribution is 2.29. The van der Waals surface area contributed by atoms with Crippen LogP contribution in [0.2, 0.25) is 0 Å². The lowest BCUT2D eigenvalue weighted by molar-refractivity contribution is -0.385. The Kier molecular flexibility index (Phi) is 4.45. The Bertz CT molecular complexity index is 524. The molecule has 0 aliphatic heterocycles. The average molecular weight is 345 g/mol. The first-order valence-corrected chi connectivity index (χ1v) is 5.37. The van der Waals surface area contributed by atoms with Gasteiger partial charge in [0.05, 0.1) is 9.40 Å². The quantitative estimate of drug-likeness (QED) is 0.518. The fraction of sp³-hybridized carbons (Fsp3) is 0.222. The molecule has 0 atom stereocenters. The summed E-state index contributed by atoms with van der Waals surface area (Å²) >= 11 is 2.79. The van der Waals surface area contributed by atoms with Crippen LogP contribution in [-0.2, 0) is 4.79 Å². The lowest BCUT2D eigenvalue weighted by atomic mass is 10.2. The zero-order chi connectivity index (χ0) is 14.8. The number of hydrogen-bond acceptors (Lipinski definition) is 3. The molecule has 0 fully saturated rings. The van der Waals surface area contributed by atoms with Crippen LogP contribution in [0.1, 0.15) is 0 Å². The van der Waals surface area contributed by atoms with Crippen LogP contribution >= 0.6 is 15.9 Å². The van der Waals surface area contributed by atoms with Crippen molar-refractivity contribution in [3.63, 3.8) is 0 Å². The number of carbonyl (C=O) groups is 1. The molecule has 10 heteroatoms. The Labute approximate surface area is 111 Å². The fourth-order valence-corrected chi connectivity index (χ4v) is 1.57. The first-order valence-electron chi connectivity index (χ1n) is 4.57. The van der Waals surface area contributed by atoms with Gasteiger partial charge in [-0.3, -0.25) is 14.9 Å². The number of carbonyl (C=O) groups excluding carboxylic acids is 1. The molecule has 0 spiro atoms. The van der Waals surface area contributed by atoms with E-state index in [1.165, 1.54) is 0 Å². The number of nitro benzene ring substituents is 1. The molecular formula is C9H5BrF4N2O3. The molecule has 0 aliphatic rings. The summed E-state index contributed by atoms with van der Waals surface area (Å²) in [6.07, 6.45) is -4.14. The normalized spacial score (nSPS) is 11.5. The minimum Gasteiger partial charge on any atom is -0.321 e. The number of halogens is 5. The average Bonchev–Trinajstić information content (AvgIpc) is 2.28. The molecule has 1 amide bonds. The summed E-state index contributed by atoms with van der Waals surface area (Å²) in [7, 11) is 0. The molecule has 0 saturated heterocycles. The first-order chi connectivity index (χ1) is 8.66. The lowest BCUT2D eigenvalue weighted by Gasteiger charge is -2.14. The molecule has 1 rings (SSSR count). The maximum absolute atomic E-state index is 12.7. The highest BCUT2D eigenvalue weighted by Gasteiger charge is 2.48. The minimum atomic E-state index is -4.84. The summed E-state index contributed by atoms with van der Waals surface area (Å²) in [4.78, 5) is 20.6. The summed E-state index contributed by atoms with van der Waals surface area (Å²) in [5.74, 6) is -7.03. The largest absolute Gasteiger partial charge is 0.383 e. The van der Waals surface area contributed by atoms with Crippen molar-refractivity contribution >= 4 is 33.2 Å². The third kappa shape index (κ3) is 3.40. The van der Waals surface area contributed by atoms with E-state index in [4.69, 9.17) is 0 Å². The molecule has 0 saturated carbocycles. The van der Waals surface area contributed by atoms with Gasteiger partial charge in [-0.05, 0) is 28.1 Å². The number of alkyl halides is 4. The van der Waals surface area contributed by atoms with Crippen LogP contribution in [0.15, 0.2) is 22.7 Å². The second-order valence-corrected chi connectivity index (χ2v) is 4.16. The maximum Gasteiger partial charge on any atom is 0.383 e. The van der Waals surface area contributed by atoms with Crippen LogP contribution in [-0.4, -0.2) is 23.2 Å². The number of nitrogens with one attached hydrogen (secondary N) is 1.